The van der Waals surface area contributed by atoms with Crippen LogP contribution in [-0.4, -0.2) is 6.61 Å². The van der Waals surface area contributed by atoms with Gasteiger partial charge in [-0.05, 0) is 31.2 Å². The molecule has 0 saturated carbocycles. The van der Waals surface area contributed by atoms with E-state index in [9.17, 15) is 0 Å². The minimum atomic E-state index is 0.485. The molecule has 0 heterocycles. The summed E-state index contributed by atoms with van der Waals surface area (Å²) in [6.45, 7) is 2.42. The molecular weight excluding hydrogens is 285 g/mol. The summed E-state index contributed by atoms with van der Waals surface area (Å²) in [5, 5.41) is 1.04. The molecule has 0 unspecified atom stereocenters. The molecular formula is C14H13Cl2NO2. The van der Waals surface area contributed by atoms with Crippen molar-refractivity contribution in [1.29, 1.82) is 0 Å². The van der Waals surface area contributed by atoms with E-state index in [1.54, 1.807) is 36.4 Å². The van der Waals surface area contributed by atoms with E-state index in [4.69, 9.17) is 38.4 Å². The first-order valence-electron chi connectivity index (χ1n) is 5.75. The lowest BCUT2D eigenvalue weighted by atomic mass is 10.2. The minimum Gasteiger partial charge on any atom is -0.492 e. The minimum absolute atomic E-state index is 0.485. The summed E-state index contributed by atoms with van der Waals surface area (Å²) in [5.41, 5.74) is 6.36. The SMILES string of the molecule is CCOc1cc(Oc2cc(Cl)ccc2Cl)ccc1N. The van der Waals surface area contributed by atoms with Crippen LogP contribution in [0.5, 0.6) is 17.2 Å². The number of benzene rings is 2. The van der Waals surface area contributed by atoms with Gasteiger partial charge in [0.2, 0.25) is 0 Å². The van der Waals surface area contributed by atoms with Crippen LogP contribution in [0.15, 0.2) is 36.4 Å². The quantitative estimate of drug-likeness (QED) is 0.827. The number of hydrogen-bond donors (Lipinski definition) is 1. The zero-order valence-electron chi connectivity index (χ0n) is 10.3. The predicted molar refractivity (Wildman–Crippen MR) is 78.6 cm³/mol. The summed E-state index contributed by atoms with van der Waals surface area (Å²) in [6.07, 6.45) is 0. The van der Waals surface area contributed by atoms with Crippen LogP contribution in [0.3, 0.4) is 0 Å². The van der Waals surface area contributed by atoms with E-state index in [0.29, 0.717) is 39.6 Å². The molecule has 2 rings (SSSR count). The number of ether oxygens (including phenoxy) is 2. The van der Waals surface area contributed by atoms with E-state index < -0.39 is 0 Å². The highest BCUT2D eigenvalue weighted by molar-refractivity contribution is 6.34. The summed E-state index contributed by atoms with van der Waals surface area (Å²) in [4.78, 5) is 0. The Morgan fingerprint density at radius 2 is 1.84 bits per heavy atom. The molecule has 2 aromatic carbocycles. The van der Waals surface area contributed by atoms with Crippen LogP contribution in [-0.2, 0) is 0 Å². The fourth-order valence-corrected chi connectivity index (χ4v) is 1.86. The maximum Gasteiger partial charge on any atom is 0.147 e. The summed E-state index contributed by atoms with van der Waals surface area (Å²) in [6, 6.07) is 10.2. The van der Waals surface area contributed by atoms with Gasteiger partial charge < -0.3 is 15.2 Å². The summed E-state index contributed by atoms with van der Waals surface area (Å²) in [7, 11) is 0. The molecule has 0 aliphatic rings. The zero-order chi connectivity index (χ0) is 13.8. The highest BCUT2D eigenvalue weighted by atomic mass is 35.5. The van der Waals surface area contributed by atoms with Crippen molar-refractivity contribution >= 4 is 28.9 Å². The molecule has 0 aromatic heterocycles. The van der Waals surface area contributed by atoms with Gasteiger partial charge in [0.05, 0.1) is 17.3 Å². The highest BCUT2D eigenvalue weighted by Crippen LogP contribution is 2.34. The Hall–Kier alpha value is -1.58. The van der Waals surface area contributed by atoms with Gasteiger partial charge in [-0.1, -0.05) is 23.2 Å². The van der Waals surface area contributed by atoms with Gasteiger partial charge in [-0.15, -0.1) is 0 Å². The van der Waals surface area contributed by atoms with E-state index in [1.165, 1.54) is 0 Å². The van der Waals surface area contributed by atoms with Crippen molar-refractivity contribution in [2.45, 2.75) is 6.92 Å². The lowest BCUT2D eigenvalue weighted by molar-refractivity contribution is 0.340. The van der Waals surface area contributed by atoms with Crippen molar-refractivity contribution in [2.24, 2.45) is 0 Å². The van der Waals surface area contributed by atoms with Gasteiger partial charge in [0, 0.05) is 17.2 Å². The van der Waals surface area contributed by atoms with Crippen LogP contribution in [0.1, 0.15) is 6.92 Å². The van der Waals surface area contributed by atoms with Crippen LogP contribution in [0.25, 0.3) is 0 Å². The third-order valence-electron chi connectivity index (χ3n) is 2.41. The first kappa shape index (κ1) is 13.8. The topological polar surface area (TPSA) is 44.5 Å². The zero-order valence-corrected chi connectivity index (χ0v) is 11.8. The van der Waals surface area contributed by atoms with Gasteiger partial charge in [-0.25, -0.2) is 0 Å². The van der Waals surface area contributed by atoms with Crippen molar-refractivity contribution in [3.05, 3.63) is 46.4 Å². The van der Waals surface area contributed by atoms with Crippen LogP contribution in [0.2, 0.25) is 10.0 Å². The largest absolute Gasteiger partial charge is 0.492 e. The van der Waals surface area contributed by atoms with Crippen molar-refractivity contribution in [2.75, 3.05) is 12.3 Å². The third-order valence-corrected chi connectivity index (χ3v) is 2.95. The van der Waals surface area contributed by atoms with Gasteiger partial charge in [0.1, 0.15) is 17.2 Å². The average molecular weight is 298 g/mol. The number of rotatable bonds is 4. The Kier molecular flexibility index (Phi) is 4.40. The van der Waals surface area contributed by atoms with E-state index in [1.807, 2.05) is 6.92 Å². The van der Waals surface area contributed by atoms with Crippen molar-refractivity contribution in [1.82, 2.24) is 0 Å². The second-order valence-electron chi connectivity index (χ2n) is 3.81. The maximum atomic E-state index is 6.04. The summed E-state index contributed by atoms with van der Waals surface area (Å²) >= 11 is 11.9. The molecule has 0 spiro atoms. The first-order valence-corrected chi connectivity index (χ1v) is 6.51. The number of nitrogens with two attached hydrogens (primary N) is 1. The average Bonchev–Trinajstić information content (AvgIpc) is 2.38. The monoisotopic (exact) mass is 297 g/mol. The van der Waals surface area contributed by atoms with Crippen LogP contribution < -0.4 is 15.2 Å². The number of anilines is 1. The molecule has 0 atom stereocenters. The van der Waals surface area contributed by atoms with E-state index >= 15 is 0 Å². The standard InChI is InChI=1S/C14H13Cl2NO2/c1-2-18-14-8-10(4-6-12(14)17)19-13-7-9(15)3-5-11(13)16/h3-8H,2,17H2,1H3. The lowest BCUT2D eigenvalue weighted by Gasteiger charge is -2.11. The molecule has 2 aromatic rings. The molecule has 0 aliphatic carbocycles. The van der Waals surface area contributed by atoms with E-state index in [2.05, 4.69) is 0 Å². The van der Waals surface area contributed by atoms with Crippen molar-refractivity contribution in [3.8, 4) is 17.2 Å². The van der Waals surface area contributed by atoms with Gasteiger partial charge in [0.25, 0.3) is 0 Å². The smallest absolute Gasteiger partial charge is 0.147 e. The fourth-order valence-electron chi connectivity index (χ4n) is 1.54. The third kappa shape index (κ3) is 3.46. The molecule has 3 nitrogen and oxygen atoms in total. The number of nitrogen functional groups attached to an aromatic ring is 1. The second-order valence-corrected chi connectivity index (χ2v) is 4.65. The summed E-state index contributed by atoms with van der Waals surface area (Å²) < 4.78 is 11.1. The van der Waals surface area contributed by atoms with E-state index in [-0.39, 0.29) is 0 Å². The molecule has 2 N–H and O–H groups in total. The Balaban J connectivity index is 2.28. The number of hydrogen-bond acceptors (Lipinski definition) is 3. The Labute approximate surface area is 121 Å². The number of halogens is 2. The molecule has 19 heavy (non-hydrogen) atoms. The van der Waals surface area contributed by atoms with Crippen molar-refractivity contribution < 1.29 is 9.47 Å². The Bertz CT molecular complexity index is 588. The Morgan fingerprint density at radius 1 is 1.05 bits per heavy atom. The predicted octanol–water partition coefficient (Wildman–Crippen LogP) is 4.77. The van der Waals surface area contributed by atoms with E-state index in [0.717, 1.165) is 0 Å². The van der Waals surface area contributed by atoms with Crippen molar-refractivity contribution in [3.63, 3.8) is 0 Å². The molecule has 0 aliphatic heterocycles. The molecule has 0 bridgehead atoms. The lowest BCUT2D eigenvalue weighted by Crippen LogP contribution is -1.97. The molecule has 5 heteroatoms. The van der Waals surface area contributed by atoms with Gasteiger partial charge in [-0.2, -0.15) is 0 Å². The first-order chi connectivity index (χ1) is 9.10. The van der Waals surface area contributed by atoms with Gasteiger partial charge >= 0.3 is 0 Å². The highest BCUT2D eigenvalue weighted by Gasteiger charge is 2.07. The van der Waals surface area contributed by atoms with Gasteiger partial charge in [0.15, 0.2) is 0 Å². The summed E-state index contributed by atoms with van der Waals surface area (Å²) in [5.74, 6) is 1.65. The normalized spacial score (nSPS) is 10.3. The molecule has 0 radical (unpaired) electrons. The second kappa shape index (κ2) is 6.04. The molecule has 100 valence electrons. The van der Waals surface area contributed by atoms with Crippen LogP contribution in [0.4, 0.5) is 5.69 Å². The fraction of sp³-hybridized carbons (Fsp3) is 0.143. The molecule has 0 amide bonds. The molecule has 0 saturated heterocycles. The Morgan fingerprint density at radius 3 is 2.58 bits per heavy atom. The van der Waals surface area contributed by atoms with Crippen LogP contribution >= 0.6 is 23.2 Å². The van der Waals surface area contributed by atoms with Gasteiger partial charge in [-0.3, -0.25) is 0 Å². The maximum absolute atomic E-state index is 6.04. The molecule has 0 fully saturated rings. The van der Waals surface area contributed by atoms with Crippen LogP contribution in [0, 0.1) is 0 Å².